The number of nitrogens with zero attached hydrogens (tertiary/aromatic N) is 1. The number of carboxylic acids is 2. The van der Waals surface area contributed by atoms with E-state index in [4.69, 9.17) is 9.47 Å². The van der Waals surface area contributed by atoms with Crippen LogP contribution in [0.2, 0.25) is 0 Å². The van der Waals surface area contributed by atoms with Crippen LogP contribution < -0.4 is 15.4 Å². The molecule has 0 spiro atoms. The lowest BCUT2D eigenvalue weighted by Gasteiger charge is -2.19. The summed E-state index contributed by atoms with van der Waals surface area (Å²) in [6, 6.07) is 14.6. The van der Waals surface area contributed by atoms with E-state index in [9.17, 15) is 29.4 Å². The molecule has 5 rings (SSSR count). The van der Waals surface area contributed by atoms with E-state index in [1.165, 1.54) is 23.5 Å². The van der Waals surface area contributed by atoms with Gasteiger partial charge in [-0.15, -0.1) is 11.3 Å². The maximum Gasteiger partial charge on any atom is 0.407 e. The number of aromatic nitrogens is 1. The Kier molecular flexibility index (Phi) is 8.36. The van der Waals surface area contributed by atoms with Crippen LogP contribution in [0.25, 0.3) is 21.6 Å². The van der Waals surface area contributed by atoms with Crippen LogP contribution in [0.15, 0.2) is 60.0 Å². The summed E-state index contributed by atoms with van der Waals surface area (Å²) in [6.45, 7) is 5.93. The fraction of sp³-hybridized carbons (Fsp3) is 0.219. The van der Waals surface area contributed by atoms with Crippen molar-refractivity contribution in [2.75, 3.05) is 11.9 Å². The van der Waals surface area contributed by atoms with E-state index < -0.39 is 40.9 Å². The number of ether oxygens (including phenoxy) is 2. The number of amides is 2. The Balaban J connectivity index is 1.50. The fourth-order valence-electron chi connectivity index (χ4n) is 4.68. The summed E-state index contributed by atoms with van der Waals surface area (Å²) >= 11 is 1.51. The third-order valence-electron chi connectivity index (χ3n) is 6.64. The molecule has 0 bridgehead atoms. The predicted molar refractivity (Wildman–Crippen MR) is 164 cm³/mol. The number of hydrogen-bond donors (Lipinski definition) is 4. The van der Waals surface area contributed by atoms with Crippen LogP contribution >= 0.6 is 11.3 Å². The van der Waals surface area contributed by atoms with Gasteiger partial charge in [0.25, 0.3) is 5.91 Å². The van der Waals surface area contributed by atoms with Crippen molar-refractivity contribution in [1.29, 1.82) is 0 Å². The van der Waals surface area contributed by atoms with Gasteiger partial charge in [-0.3, -0.25) is 4.79 Å². The number of carbonyl (C=O) groups is 4. The van der Waals surface area contributed by atoms with E-state index in [-0.39, 0.29) is 23.2 Å². The maximum absolute atomic E-state index is 13.8. The second-order valence-corrected chi connectivity index (χ2v) is 11.9. The van der Waals surface area contributed by atoms with Crippen LogP contribution in [0.1, 0.15) is 63.2 Å². The highest BCUT2D eigenvalue weighted by atomic mass is 32.1. The Morgan fingerprint density at radius 3 is 2.39 bits per heavy atom. The zero-order valence-electron chi connectivity index (χ0n) is 24.1. The van der Waals surface area contributed by atoms with Gasteiger partial charge in [0, 0.05) is 45.8 Å². The molecule has 0 fully saturated rings. The third-order valence-corrected chi connectivity index (χ3v) is 7.63. The van der Waals surface area contributed by atoms with E-state index in [0.717, 1.165) is 16.0 Å². The SMILES string of the molecule is CC(C)(C)OC(=O)NCc1ccc(NC(=O)c2cc3c(cc2-c2ccc(C(=O)O)nc2C(=O)O)OCCc2ccsc2-3)cc1. The van der Waals surface area contributed by atoms with Gasteiger partial charge in [-0.05, 0) is 79.7 Å². The average Bonchev–Trinajstić information content (AvgIpc) is 3.36. The number of rotatable bonds is 7. The molecule has 0 unspecified atom stereocenters. The maximum atomic E-state index is 13.8. The second-order valence-electron chi connectivity index (χ2n) is 11.0. The largest absolute Gasteiger partial charge is 0.493 e. The van der Waals surface area contributed by atoms with Crippen molar-refractivity contribution in [2.24, 2.45) is 0 Å². The molecular formula is C32H29N3O8S. The van der Waals surface area contributed by atoms with Gasteiger partial charge in [0.15, 0.2) is 5.69 Å². The van der Waals surface area contributed by atoms with Crippen molar-refractivity contribution in [2.45, 2.75) is 39.3 Å². The number of fused-ring (bicyclic) bond motifs is 3. The predicted octanol–water partition coefficient (Wildman–Crippen LogP) is 6.09. The summed E-state index contributed by atoms with van der Waals surface area (Å²) in [7, 11) is 0. The van der Waals surface area contributed by atoms with Crippen LogP contribution in [0.5, 0.6) is 5.75 Å². The lowest BCUT2D eigenvalue weighted by molar-refractivity contribution is 0.0522. The second kappa shape index (κ2) is 12.2. The van der Waals surface area contributed by atoms with Gasteiger partial charge in [0.05, 0.1) is 6.61 Å². The molecule has 44 heavy (non-hydrogen) atoms. The molecule has 11 nitrogen and oxygen atoms in total. The van der Waals surface area contributed by atoms with Gasteiger partial charge in [0.1, 0.15) is 17.0 Å². The van der Waals surface area contributed by atoms with Crippen molar-refractivity contribution < 1.29 is 38.9 Å². The molecule has 2 aromatic heterocycles. The van der Waals surface area contributed by atoms with Gasteiger partial charge >= 0.3 is 18.0 Å². The van der Waals surface area contributed by atoms with Crippen LogP contribution in [0, 0.1) is 0 Å². The molecule has 4 N–H and O–H groups in total. The minimum Gasteiger partial charge on any atom is -0.493 e. The molecular weight excluding hydrogens is 586 g/mol. The highest BCUT2D eigenvalue weighted by Crippen LogP contribution is 2.43. The summed E-state index contributed by atoms with van der Waals surface area (Å²) in [5.41, 5.74) is 1.87. The van der Waals surface area contributed by atoms with Crippen LogP contribution in [0.3, 0.4) is 0 Å². The number of aromatic carboxylic acids is 2. The van der Waals surface area contributed by atoms with E-state index in [2.05, 4.69) is 15.6 Å². The van der Waals surface area contributed by atoms with Crippen LogP contribution in [-0.2, 0) is 17.7 Å². The molecule has 1 aliphatic heterocycles. The van der Waals surface area contributed by atoms with Gasteiger partial charge < -0.3 is 30.3 Å². The lowest BCUT2D eigenvalue weighted by Crippen LogP contribution is -2.32. The highest BCUT2D eigenvalue weighted by molar-refractivity contribution is 7.13. The number of thiophene rings is 1. The summed E-state index contributed by atoms with van der Waals surface area (Å²) in [5, 5.41) is 26.8. The summed E-state index contributed by atoms with van der Waals surface area (Å²) < 4.78 is 11.3. The van der Waals surface area contributed by atoms with E-state index >= 15 is 0 Å². The molecule has 0 radical (unpaired) electrons. The van der Waals surface area contributed by atoms with Crippen molar-refractivity contribution in [3.05, 3.63) is 88.1 Å². The lowest BCUT2D eigenvalue weighted by atomic mass is 9.93. The number of nitrogens with one attached hydrogen (secondary N) is 2. The van der Waals surface area contributed by atoms with E-state index in [1.807, 2.05) is 11.4 Å². The first-order valence-corrected chi connectivity index (χ1v) is 14.5. The Hall–Kier alpha value is -5.23. The Labute approximate surface area is 256 Å². The van der Waals surface area contributed by atoms with Gasteiger partial charge in [-0.25, -0.2) is 19.4 Å². The number of benzene rings is 2. The summed E-state index contributed by atoms with van der Waals surface area (Å²) in [6.07, 6.45) is 0.115. The molecule has 3 heterocycles. The molecule has 4 aromatic rings. The van der Waals surface area contributed by atoms with E-state index in [0.29, 0.717) is 30.0 Å². The molecule has 12 heteroatoms. The molecule has 2 aromatic carbocycles. The summed E-state index contributed by atoms with van der Waals surface area (Å²) in [4.78, 5) is 54.3. The fourth-order valence-corrected chi connectivity index (χ4v) is 5.65. The van der Waals surface area contributed by atoms with Crippen molar-refractivity contribution in [1.82, 2.24) is 10.3 Å². The first-order chi connectivity index (χ1) is 20.9. The van der Waals surface area contributed by atoms with Crippen molar-refractivity contribution >= 4 is 41.0 Å². The minimum absolute atomic E-state index is 0.0678. The van der Waals surface area contributed by atoms with Crippen LogP contribution in [0.4, 0.5) is 10.5 Å². The monoisotopic (exact) mass is 615 g/mol. The van der Waals surface area contributed by atoms with Gasteiger partial charge in [0.2, 0.25) is 0 Å². The van der Waals surface area contributed by atoms with Crippen LogP contribution in [-0.4, -0.2) is 51.3 Å². The zero-order chi connectivity index (χ0) is 31.6. The normalized spacial score (nSPS) is 12.2. The third kappa shape index (κ3) is 6.70. The number of hydrogen-bond acceptors (Lipinski definition) is 8. The zero-order valence-corrected chi connectivity index (χ0v) is 24.9. The highest BCUT2D eigenvalue weighted by Gasteiger charge is 2.26. The van der Waals surface area contributed by atoms with Gasteiger partial charge in [-0.2, -0.15) is 0 Å². The minimum atomic E-state index is -1.44. The Morgan fingerprint density at radius 2 is 1.70 bits per heavy atom. The number of pyridine rings is 1. The van der Waals surface area contributed by atoms with E-state index in [1.54, 1.807) is 57.2 Å². The standard InChI is InChI=1S/C32H29N3O8S/c1-32(2,3)43-31(41)33-16-17-4-6-19(7-5-17)34-28(36)22-14-23-25(42-12-10-18-11-13-44-27(18)23)15-21(22)20-8-9-24(29(37)38)35-26(20)30(39)40/h4-9,11,13-15H,10,12,16H2,1-3H3,(H,33,41)(H,34,36)(H,37,38)(H,39,40). The molecule has 0 aliphatic carbocycles. The molecule has 0 saturated heterocycles. The Morgan fingerprint density at radius 1 is 0.955 bits per heavy atom. The first kappa shape index (κ1) is 30.2. The molecule has 0 atom stereocenters. The molecule has 1 aliphatic rings. The smallest absolute Gasteiger partial charge is 0.407 e. The number of carbonyl (C=O) groups excluding carboxylic acids is 2. The summed E-state index contributed by atoms with van der Waals surface area (Å²) in [5.74, 6) is -2.87. The van der Waals surface area contributed by atoms with Crippen molar-refractivity contribution in [3.8, 4) is 27.3 Å². The topological polar surface area (TPSA) is 164 Å². The number of carboxylic acid groups (broad SMARTS) is 2. The van der Waals surface area contributed by atoms with Gasteiger partial charge in [-0.1, -0.05) is 12.1 Å². The molecule has 0 saturated carbocycles. The number of alkyl carbamates (subject to hydrolysis) is 1. The molecule has 2 amide bonds. The average molecular weight is 616 g/mol. The number of anilines is 1. The molecule has 226 valence electrons. The quantitative estimate of drug-likeness (QED) is 0.193. The first-order valence-electron chi connectivity index (χ1n) is 13.6. The van der Waals surface area contributed by atoms with Crippen molar-refractivity contribution in [3.63, 3.8) is 0 Å². The Bertz CT molecular complexity index is 1770.